The summed E-state index contributed by atoms with van der Waals surface area (Å²) in [6.45, 7) is 1.42. The van der Waals surface area contributed by atoms with E-state index in [0.29, 0.717) is 6.42 Å². The number of halogens is 1. The number of hydrogen-bond donors (Lipinski definition) is 2. The minimum absolute atomic E-state index is 0.160. The van der Waals surface area contributed by atoms with Crippen LogP contribution < -0.4 is 5.32 Å². The molecule has 0 heterocycles. The first-order chi connectivity index (χ1) is 8.54. The number of carbonyl (C=O) groups is 2. The van der Waals surface area contributed by atoms with Gasteiger partial charge in [-0.2, -0.15) is 0 Å². The van der Waals surface area contributed by atoms with E-state index in [1.54, 1.807) is 0 Å². The molecule has 0 aliphatic carbocycles. The summed E-state index contributed by atoms with van der Waals surface area (Å²) in [5.74, 6) is -1.65. The van der Waals surface area contributed by atoms with E-state index in [0.717, 1.165) is 5.56 Å². The molecule has 1 unspecified atom stereocenters. The lowest BCUT2D eigenvalue weighted by atomic mass is 10.00. The maximum absolute atomic E-state index is 11.8. The molecule has 0 saturated carbocycles. The molecule has 0 aromatic heterocycles. The maximum atomic E-state index is 11.8. The van der Waals surface area contributed by atoms with Crippen LogP contribution in [-0.2, 0) is 16.0 Å². The van der Waals surface area contributed by atoms with Gasteiger partial charge in [-0.25, -0.2) is 0 Å². The van der Waals surface area contributed by atoms with Gasteiger partial charge in [0.1, 0.15) is 6.04 Å². The van der Waals surface area contributed by atoms with Crippen molar-refractivity contribution in [2.24, 2.45) is 5.92 Å². The van der Waals surface area contributed by atoms with Crippen molar-refractivity contribution >= 4 is 23.5 Å². The highest BCUT2D eigenvalue weighted by molar-refractivity contribution is 6.19. The predicted molar refractivity (Wildman–Crippen MR) is 69.6 cm³/mol. The fourth-order valence-corrected chi connectivity index (χ4v) is 1.76. The molecule has 1 rings (SSSR count). The van der Waals surface area contributed by atoms with Crippen molar-refractivity contribution in [1.82, 2.24) is 5.32 Å². The topological polar surface area (TPSA) is 66.4 Å². The molecular formula is C13H16ClNO3. The highest BCUT2D eigenvalue weighted by atomic mass is 35.5. The van der Waals surface area contributed by atoms with Gasteiger partial charge >= 0.3 is 5.97 Å². The third-order valence-electron chi connectivity index (χ3n) is 2.61. The average Bonchev–Trinajstić information content (AvgIpc) is 2.36. The number of alkyl halides is 1. The smallest absolute Gasteiger partial charge is 0.325 e. The molecule has 1 aromatic rings. The molecule has 1 aromatic carbocycles. The Labute approximate surface area is 111 Å². The van der Waals surface area contributed by atoms with Gasteiger partial charge in [-0.3, -0.25) is 9.59 Å². The molecular weight excluding hydrogens is 254 g/mol. The zero-order valence-corrected chi connectivity index (χ0v) is 10.9. The van der Waals surface area contributed by atoms with Gasteiger partial charge in [0, 0.05) is 5.88 Å². The molecule has 98 valence electrons. The molecule has 2 atom stereocenters. The van der Waals surface area contributed by atoms with Crippen molar-refractivity contribution < 1.29 is 14.7 Å². The van der Waals surface area contributed by atoms with Crippen molar-refractivity contribution in [2.75, 3.05) is 5.88 Å². The summed E-state index contributed by atoms with van der Waals surface area (Å²) in [4.78, 5) is 22.5. The Morgan fingerprint density at radius 2 is 1.94 bits per heavy atom. The summed E-state index contributed by atoms with van der Waals surface area (Å²) >= 11 is 5.77. The van der Waals surface area contributed by atoms with Crippen LogP contribution in [-0.4, -0.2) is 28.9 Å². The summed E-state index contributed by atoms with van der Waals surface area (Å²) in [6, 6.07) is 8.59. The molecule has 0 saturated heterocycles. The summed E-state index contributed by atoms with van der Waals surface area (Å²) in [7, 11) is 0. The first-order valence-electron chi connectivity index (χ1n) is 5.67. The van der Waals surface area contributed by atoms with Gasteiger partial charge in [0.25, 0.3) is 0 Å². The van der Waals surface area contributed by atoms with E-state index in [1.807, 2.05) is 30.3 Å². The van der Waals surface area contributed by atoms with Gasteiger partial charge in [0.2, 0.25) is 5.91 Å². The third kappa shape index (κ3) is 4.37. The number of amides is 1. The Morgan fingerprint density at radius 3 is 2.44 bits per heavy atom. The molecule has 0 bridgehead atoms. The van der Waals surface area contributed by atoms with Crippen LogP contribution in [0.4, 0.5) is 0 Å². The van der Waals surface area contributed by atoms with Crippen molar-refractivity contribution in [3.8, 4) is 0 Å². The summed E-state index contributed by atoms with van der Waals surface area (Å²) in [5, 5.41) is 11.2. The standard InChI is InChI=1S/C13H16ClNO3/c1-9(13(17)18)15-12(16)11(8-14)7-10-5-3-2-4-6-10/h2-6,9,11H,7-8H2,1H3,(H,15,16)(H,17,18)/t9-,11?/m1/s1. The Bertz CT molecular complexity index is 408. The Hall–Kier alpha value is -1.55. The van der Waals surface area contributed by atoms with Crippen LogP contribution in [0, 0.1) is 5.92 Å². The molecule has 1 amide bonds. The fourth-order valence-electron chi connectivity index (χ4n) is 1.51. The number of carboxylic acid groups (broad SMARTS) is 1. The van der Waals surface area contributed by atoms with Gasteiger partial charge in [-0.15, -0.1) is 11.6 Å². The second kappa shape index (κ2) is 7.01. The fraction of sp³-hybridized carbons (Fsp3) is 0.385. The van der Waals surface area contributed by atoms with Crippen LogP contribution in [0.25, 0.3) is 0 Å². The first kappa shape index (κ1) is 14.5. The minimum Gasteiger partial charge on any atom is -0.480 e. The van der Waals surface area contributed by atoms with Crippen molar-refractivity contribution in [1.29, 1.82) is 0 Å². The number of benzene rings is 1. The van der Waals surface area contributed by atoms with Crippen molar-refractivity contribution in [3.63, 3.8) is 0 Å². The van der Waals surface area contributed by atoms with Gasteiger partial charge in [0.05, 0.1) is 5.92 Å². The Morgan fingerprint density at radius 1 is 1.33 bits per heavy atom. The molecule has 0 spiro atoms. The van der Waals surface area contributed by atoms with Crippen LogP contribution in [0.5, 0.6) is 0 Å². The third-order valence-corrected chi connectivity index (χ3v) is 2.98. The first-order valence-corrected chi connectivity index (χ1v) is 6.21. The van der Waals surface area contributed by atoms with Crippen LogP contribution in [0.3, 0.4) is 0 Å². The van der Waals surface area contributed by atoms with E-state index < -0.39 is 17.9 Å². The molecule has 2 N–H and O–H groups in total. The van der Waals surface area contributed by atoms with Crippen molar-refractivity contribution in [3.05, 3.63) is 35.9 Å². The SMILES string of the molecule is C[C@@H](NC(=O)C(CCl)Cc1ccccc1)C(=O)O. The van der Waals surface area contributed by atoms with E-state index in [4.69, 9.17) is 16.7 Å². The average molecular weight is 270 g/mol. The van der Waals surface area contributed by atoms with E-state index in [9.17, 15) is 9.59 Å². The summed E-state index contributed by atoms with van der Waals surface area (Å²) in [6.07, 6.45) is 0.502. The van der Waals surface area contributed by atoms with E-state index >= 15 is 0 Å². The zero-order chi connectivity index (χ0) is 13.5. The van der Waals surface area contributed by atoms with Crippen LogP contribution >= 0.6 is 11.6 Å². The molecule has 0 aliphatic rings. The molecule has 4 nitrogen and oxygen atoms in total. The molecule has 0 aliphatic heterocycles. The van der Waals surface area contributed by atoms with Crippen LogP contribution in [0.2, 0.25) is 0 Å². The molecule has 0 radical (unpaired) electrons. The number of hydrogen-bond acceptors (Lipinski definition) is 2. The zero-order valence-electron chi connectivity index (χ0n) is 10.1. The normalized spacial score (nSPS) is 13.7. The predicted octanol–water partition coefficient (Wildman–Crippen LogP) is 1.67. The van der Waals surface area contributed by atoms with Crippen LogP contribution in [0.1, 0.15) is 12.5 Å². The highest BCUT2D eigenvalue weighted by Gasteiger charge is 2.21. The molecule has 0 fully saturated rings. The molecule has 18 heavy (non-hydrogen) atoms. The lowest BCUT2D eigenvalue weighted by molar-refractivity contribution is -0.141. The minimum atomic E-state index is -1.06. The Kier molecular flexibility index (Phi) is 5.65. The van der Waals surface area contributed by atoms with Crippen LogP contribution in [0.15, 0.2) is 30.3 Å². The summed E-state index contributed by atoms with van der Waals surface area (Å²) in [5.41, 5.74) is 1.00. The lowest BCUT2D eigenvalue weighted by Crippen LogP contribution is -2.42. The van der Waals surface area contributed by atoms with Gasteiger partial charge in [-0.1, -0.05) is 30.3 Å². The van der Waals surface area contributed by atoms with Gasteiger partial charge < -0.3 is 10.4 Å². The number of aliphatic carboxylic acids is 1. The van der Waals surface area contributed by atoms with E-state index in [-0.39, 0.29) is 11.8 Å². The molecule has 5 heteroatoms. The second-order valence-electron chi connectivity index (χ2n) is 4.11. The number of nitrogens with one attached hydrogen (secondary N) is 1. The van der Waals surface area contributed by atoms with Crippen molar-refractivity contribution in [2.45, 2.75) is 19.4 Å². The van der Waals surface area contributed by atoms with Gasteiger partial charge in [0.15, 0.2) is 0 Å². The van der Waals surface area contributed by atoms with E-state index in [1.165, 1.54) is 6.92 Å². The second-order valence-corrected chi connectivity index (χ2v) is 4.42. The maximum Gasteiger partial charge on any atom is 0.325 e. The van der Waals surface area contributed by atoms with Gasteiger partial charge in [-0.05, 0) is 18.9 Å². The lowest BCUT2D eigenvalue weighted by Gasteiger charge is -2.16. The Balaban J connectivity index is 2.61. The number of carbonyl (C=O) groups excluding carboxylic acids is 1. The van der Waals surface area contributed by atoms with E-state index in [2.05, 4.69) is 5.32 Å². The highest BCUT2D eigenvalue weighted by Crippen LogP contribution is 2.11. The number of rotatable bonds is 6. The quantitative estimate of drug-likeness (QED) is 0.772. The summed E-state index contributed by atoms with van der Waals surface area (Å²) < 4.78 is 0. The number of carboxylic acids is 1. The largest absolute Gasteiger partial charge is 0.480 e. The monoisotopic (exact) mass is 269 g/mol.